The summed E-state index contributed by atoms with van der Waals surface area (Å²) in [6.07, 6.45) is 1.82. The van der Waals surface area contributed by atoms with Crippen molar-refractivity contribution in [2.45, 2.75) is 37.6 Å². The molecule has 2 N–H and O–H groups in total. The van der Waals surface area contributed by atoms with Crippen LogP contribution in [0, 0.1) is 5.92 Å². The molecule has 1 aromatic carbocycles. The maximum atomic E-state index is 12.2. The third-order valence-electron chi connectivity index (χ3n) is 3.26. The monoisotopic (exact) mass is 318 g/mol. The Labute approximate surface area is 127 Å². The molecule has 20 heavy (non-hydrogen) atoms. The highest BCUT2D eigenvalue weighted by Crippen LogP contribution is 2.14. The van der Waals surface area contributed by atoms with Crippen LogP contribution in [-0.2, 0) is 16.4 Å². The van der Waals surface area contributed by atoms with E-state index < -0.39 is 10.0 Å². The fourth-order valence-corrected chi connectivity index (χ4v) is 3.59. The van der Waals surface area contributed by atoms with Crippen molar-refractivity contribution in [2.75, 3.05) is 13.1 Å². The standard InChI is InChI=1S/C14H22N2O2S.ClH/c1-11(2)9-12-3-5-14(6-4-12)19(17,18)16-13-7-8-15-10-13;/h3-6,11,13,15-16H,7-10H2,1-2H3;1H. The van der Waals surface area contributed by atoms with E-state index in [1.165, 1.54) is 5.56 Å². The second-order valence-electron chi connectivity index (χ2n) is 5.55. The molecule has 1 aromatic rings. The topological polar surface area (TPSA) is 58.2 Å². The van der Waals surface area contributed by atoms with Crippen molar-refractivity contribution in [1.82, 2.24) is 10.0 Å². The molecule has 0 spiro atoms. The molecule has 1 aliphatic rings. The van der Waals surface area contributed by atoms with E-state index >= 15 is 0 Å². The summed E-state index contributed by atoms with van der Waals surface area (Å²) in [6.45, 7) is 5.89. The Bertz CT molecular complexity index is 508. The fourth-order valence-electron chi connectivity index (χ4n) is 2.32. The summed E-state index contributed by atoms with van der Waals surface area (Å²) in [5, 5.41) is 3.15. The van der Waals surface area contributed by atoms with Crippen LogP contribution in [0.25, 0.3) is 0 Å². The van der Waals surface area contributed by atoms with Gasteiger partial charge in [0.1, 0.15) is 0 Å². The molecule has 1 saturated heterocycles. The Kier molecular flexibility index (Phi) is 6.45. The number of benzene rings is 1. The first-order chi connectivity index (χ1) is 8.97. The van der Waals surface area contributed by atoms with E-state index in [2.05, 4.69) is 23.9 Å². The lowest BCUT2D eigenvalue weighted by Gasteiger charge is -2.12. The first-order valence-electron chi connectivity index (χ1n) is 6.79. The van der Waals surface area contributed by atoms with Gasteiger partial charge in [-0.15, -0.1) is 12.4 Å². The maximum Gasteiger partial charge on any atom is 0.240 e. The lowest BCUT2D eigenvalue weighted by Crippen LogP contribution is -2.36. The lowest BCUT2D eigenvalue weighted by molar-refractivity contribution is 0.560. The largest absolute Gasteiger partial charge is 0.315 e. The molecular formula is C14H23ClN2O2S. The number of halogens is 1. The van der Waals surface area contributed by atoms with Gasteiger partial charge in [-0.2, -0.15) is 0 Å². The van der Waals surface area contributed by atoms with E-state index in [0.717, 1.165) is 19.4 Å². The fraction of sp³-hybridized carbons (Fsp3) is 0.571. The van der Waals surface area contributed by atoms with E-state index in [9.17, 15) is 8.42 Å². The van der Waals surface area contributed by atoms with Crippen molar-refractivity contribution < 1.29 is 8.42 Å². The van der Waals surface area contributed by atoms with Gasteiger partial charge in [-0.1, -0.05) is 26.0 Å². The second kappa shape index (κ2) is 7.41. The molecule has 1 unspecified atom stereocenters. The first kappa shape index (κ1) is 17.4. The van der Waals surface area contributed by atoms with Crippen molar-refractivity contribution in [2.24, 2.45) is 5.92 Å². The number of hydrogen-bond donors (Lipinski definition) is 2. The molecule has 1 atom stereocenters. The van der Waals surface area contributed by atoms with Crippen LogP contribution in [0.3, 0.4) is 0 Å². The molecule has 1 fully saturated rings. The van der Waals surface area contributed by atoms with Crippen molar-refractivity contribution in [3.05, 3.63) is 29.8 Å². The molecule has 0 bridgehead atoms. The molecule has 1 heterocycles. The van der Waals surface area contributed by atoms with Gasteiger partial charge < -0.3 is 5.32 Å². The van der Waals surface area contributed by atoms with E-state index in [0.29, 0.717) is 17.4 Å². The third kappa shape index (κ3) is 4.74. The minimum absolute atomic E-state index is 0. The van der Waals surface area contributed by atoms with Crippen LogP contribution in [0.1, 0.15) is 25.8 Å². The van der Waals surface area contributed by atoms with Crippen molar-refractivity contribution in [3.63, 3.8) is 0 Å². The molecule has 6 heteroatoms. The molecule has 0 amide bonds. The van der Waals surface area contributed by atoms with Crippen LogP contribution in [0.5, 0.6) is 0 Å². The molecule has 0 aliphatic carbocycles. The Morgan fingerprint density at radius 2 is 1.95 bits per heavy atom. The van der Waals surface area contributed by atoms with Gasteiger partial charge in [0.05, 0.1) is 4.90 Å². The highest BCUT2D eigenvalue weighted by Gasteiger charge is 2.22. The summed E-state index contributed by atoms with van der Waals surface area (Å²) in [5.74, 6) is 0.574. The molecule has 114 valence electrons. The van der Waals surface area contributed by atoms with Crippen LogP contribution in [0.4, 0.5) is 0 Å². The summed E-state index contributed by atoms with van der Waals surface area (Å²) in [7, 11) is -3.38. The van der Waals surface area contributed by atoms with E-state index in [1.54, 1.807) is 12.1 Å². The zero-order valence-corrected chi connectivity index (χ0v) is 13.6. The SMILES string of the molecule is CC(C)Cc1ccc(S(=O)(=O)NC2CCNC2)cc1.Cl. The number of rotatable bonds is 5. The smallest absolute Gasteiger partial charge is 0.240 e. The first-order valence-corrected chi connectivity index (χ1v) is 8.27. The van der Waals surface area contributed by atoms with Crippen LogP contribution >= 0.6 is 12.4 Å². The van der Waals surface area contributed by atoms with Crippen molar-refractivity contribution in [1.29, 1.82) is 0 Å². The summed E-state index contributed by atoms with van der Waals surface area (Å²) in [4.78, 5) is 0.354. The van der Waals surface area contributed by atoms with Gasteiger partial charge in [0.15, 0.2) is 0 Å². The molecule has 2 rings (SSSR count). The number of sulfonamides is 1. The van der Waals surface area contributed by atoms with Gasteiger partial charge in [0, 0.05) is 12.6 Å². The maximum absolute atomic E-state index is 12.2. The van der Waals surface area contributed by atoms with Gasteiger partial charge in [0.25, 0.3) is 0 Å². The molecule has 0 saturated carbocycles. The predicted octanol–water partition coefficient (Wildman–Crippen LogP) is 1.95. The minimum Gasteiger partial charge on any atom is -0.315 e. The zero-order valence-electron chi connectivity index (χ0n) is 11.9. The number of nitrogens with one attached hydrogen (secondary N) is 2. The Hall–Kier alpha value is -0.620. The summed E-state index contributed by atoms with van der Waals surface area (Å²) in [6, 6.07) is 7.22. The molecule has 0 radical (unpaired) electrons. The van der Waals surface area contributed by atoms with Gasteiger partial charge in [-0.3, -0.25) is 0 Å². The minimum atomic E-state index is -3.38. The molecule has 0 aromatic heterocycles. The van der Waals surface area contributed by atoms with Crippen LogP contribution in [0.2, 0.25) is 0 Å². The summed E-state index contributed by atoms with van der Waals surface area (Å²) < 4.78 is 27.1. The summed E-state index contributed by atoms with van der Waals surface area (Å²) >= 11 is 0. The number of hydrogen-bond acceptors (Lipinski definition) is 3. The highest BCUT2D eigenvalue weighted by atomic mass is 35.5. The average molecular weight is 319 g/mol. The van der Waals surface area contributed by atoms with E-state index in [-0.39, 0.29) is 18.4 Å². The van der Waals surface area contributed by atoms with E-state index in [1.807, 2.05) is 12.1 Å². The summed E-state index contributed by atoms with van der Waals surface area (Å²) in [5.41, 5.74) is 1.18. The van der Waals surface area contributed by atoms with Gasteiger partial charge >= 0.3 is 0 Å². The molecular weight excluding hydrogens is 296 g/mol. The molecule has 4 nitrogen and oxygen atoms in total. The van der Waals surface area contributed by atoms with E-state index in [4.69, 9.17) is 0 Å². The normalized spacial score (nSPS) is 19.1. The quantitative estimate of drug-likeness (QED) is 0.872. The Morgan fingerprint density at radius 1 is 1.30 bits per heavy atom. The Balaban J connectivity index is 0.00000200. The van der Waals surface area contributed by atoms with Gasteiger partial charge in [-0.05, 0) is 43.0 Å². The second-order valence-corrected chi connectivity index (χ2v) is 7.27. The third-order valence-corrected chi connectivity index (χ3v) is 4.80. The van der Waals surface area contributed by atoms with Crippen LogP contribution in [-0.4, -0.2) is 27.5 Å². The Morgan fingerprint density at radius 3 is 2.45 bits per heavy atom. The van der Waals surface area contributed by atoms with Crippen LogP contribution in [0.15, 0.2) is 29.2 Å². The highest BCUT2D eigenvalue weighted by molar-refractivity contribution is 7.89. The predicted molar refractivity (Wildman–Crippen MR) is 83.8 cm³/mol. The average Bonchev–Trinajstić information content (AvgIpc) is 2.81. The van der Waals surface area contributed by atoms with Gasteiger partial charge in [-0.25, -0.2) is 13.1 Å². The zero-order chi connectivity index (χ0) is 13.9. The van der Waals surface area contributed by atoms with Crippen molar-refractivity contribution in [3.8, 4) is 0 Å². The molecule has 1 aliphatic heterocycles. The lowest BCUT2D eigenvalue weighted by atomic mass is 10.0. The van der Waals surface area contributed by atoms with Gasteiger partial charge in [0.2, 0.25) is 10.0 Å². The van der Waals surface area contributed by atoms with Crippen LogP contribution < -0.4 is 10.0 Å². The van der Waals surface area contributed by atoms with Crippen molar-refractivity contribution >= 4 is 22.4 Å².